The van der Waals surface area contributed by atoms with Gasteiger partial charge in [0.2, 0.25) is 0 Å². The van der Waals surface area contributed by atoms with Crippen LogP contribution in [0.3, 0.4) is 0 Å². The summed E-state index contributed by atoms with van der Waals surface area (Å²) in [6, 6.07) is -0.989. The minimum absolute atomic E-state index is 0.160. The Labute approximate surface area is 121 Å². The summed E-state index contributed by atoms with van der Waals surface area (Å²) in [5, 5.41) is 9.09. The first-order valence-electron chi connectivity index (χ1n) is 6.48. The second-order valence-electron chi connectivity index (χ2n) is 4.89. The summed E-state index contributed by atoms with van der Waals surface area (Å²) in [6.45, 7) is 0.929. The van der Waals surface area contributed by atoms with Gasteiger partial charge in [-0.1, -0.05) is 0 Å². The maximum atomic E-state index is 12.3. The van der Waals surface area contributed by atoms with Gasteiger partial charge >= 0.3 is 18.0 Å². The van der Waals surface area contributed by atoms with E-state index < -0.39 is 12.0 Å². The van der Waals surface area contributed by atoms with E-state index in [1.165, 1.54) is 23.8 Å². The molecule has 1 atom stereocenters. The van der Waals surface area contributed by atoms with Gasteiger partial charge in [0.1, 0.15) is 6.04 Å². The van der Waals surface area contributed by atoms with Gasteiger partial charge in [0.15, 0.2) is 0 Å². The summed E-state index contributed by atoms with van der Waals surface area (Å²) in [5.41, 5.74) is 0. The Morgan fingerprint density at radius 3 is 2.45 bits per heavy atom. The van der Waals surface area contributed by atoms with Crippen molar-refractivity contribution in [2.45, 2.75) is 18.9 Å². The monoisotopic (exact) mass is 302 g/mol. The molecule has 2 heterocycles. The molecule has 1 N–H and O–H groups in total. The van der Waals surface area contributed by atoms with E-state index in [2.05, 4.69) is 0 Å². The number of hydrogen-bond donors (Lipinski definition) is 1. The highest BCUT2D eigenvalue weighted by atomic mass is 32.2. The van der Waals surface area contributed by atoms with Crippen molar-refractivity contribution in [1.82, 2.24) is 9.80 Å². The molecule has 0 aromatic heterocycles. The molecular weight excluding hydrogens is 284 g/mol. The second kappa shape index (κ2) is 6.34. The number of carbonyl (C=O) groups is 3. The number of hydrogen-bond acceptors (Lipinski definition) is 5. The molecule has 7 nitrogen and oxygen atoms in total. The molecular formula is C12H18N2O5S. The Balaban J connectivity index is 1.91. The third-order valence-electron chi connectivity index (χ3n) is 3.71. The number of rotatable bonds is 2. The van der Waals surface area contributed by atoms with Crippen molar-refractivity contribution in [1.29, 1.82) is 0 Å². The SMILES string of the molecule is COC(=O)C1CCN(C(=O)N2CSC[C@H]2C(=O)O)CC1. The van der Waals surface area contributed by atoms with Crippen LogP contribution in [0.4, 0.5) is 4.79 Å². The lowest BCUT2D eigenvalue weighted by atomic mass is 9.97. The maximum Gasteiger partial charge on any atom is 0.327 e. The first-order chi connectivity index (χ1) is 9.54. The van der Waals surface area contributed by atoms with E-state index >= 15 is 0 Å². The molecule has 0 spiro atoms. The molecule has 2 fully saturated rings. The van der Waals surface area contributed by atoms with E-state index in [0.29, 0.717) is 37.6 Å². The Bertz CT molecular complexity index is 409. The lowest BCUT2D eigenvalue weighted by Crippen LogP contribution is -2.51. The summed E-state index contributed by atoms with van der Waals surface area (Å²) in [5.74, 6) is -0.524. The normalized spacial score (nSPS) is 23.8. The molecule has 0 aromatic carbocycles. The molecule has 2 saturated heterocycles. The average Bonchev–Trinajstić information content (AvgIpc) is 2.95. The average molecular weight is 302 g/mol. The number of ether oxygens (including phenoxy) is 1. The van der Waals surface area contributed by atoms with Crippen molar-refractivity contribution in [3.8, 4) is 0 Å². The number of carboxylic acids is 1. The molecule has 2 aliphatic rings. The van der Waals surface area contributed by atoms with E-state index in [-0.39, 0.29) is 17.9 Å². The molecule has 0 saturated carbocycles. The molecule has 112 valence electrons. The van der Waals surface area contributed by atoms with Gasteiger partial charge in [-0.15, -0.1) is 11.8 Å². The number of methoxy groups -OCH3 is 1. The summed E-state index contributed by atoms with van der Waals surface area (Å²) in [7, 11) is 1.36. The maximum absolute atomic E-state index is 12.3. The van der Waals surface area contributed by atoms with Gasteiger partial charge in [0.25, 0.3) is 0 Å². The number of carbonyl (C=O) groups excluding carboxylic acids is 2. The van der Waals surface area contributed by atoms with Gasteiger partial charge in [-0.25, -0.2) is 9.59 Å². The van der Waals surface area contributed by atoms with Crippen molar-refractivity contribution in [2.24, 2.45) is 5.92 Å². The minimum Gasteiger partial charge on any atom is -0.480 e. The van der Waals surface area contributed by atoms with Crippen molar-refractivity contribution in [3.63, 3.8) is 0 Å². The third kappa shape index (κ3) is 3.00. The van der Waals surface area contributed by atoms with E-state index in [0.717, 1.165) is 0 Å². The van der Waals surface area contributed by atoms with Crippen LogP contribution in [-0.4, -0.2) is 70.7 Å². The fourth-order valence-corrected chi connectivity index (χ4v) is 3.63. The summed E-state index contributed by atoms with van der Waals surface area (Å²) >= 11 is 1.44. The third-order valence-corrected chi connectivity index (χ3v) is 4.73. The molecule has 8 heteroatoms. The van der Waals surface area contributed by atoms with Gasteiger partial charge in [-0.3, -0.25) is 4.79 Å². The zero-order chi connectivity index (χ0) is 14.7. The topological polar surface area (TPSA) is 87.2 Å². The smallest absolute Gasteiger partial charge is 0.327 e. The second-order valence-corrected chi connectivity index (χ2v) is 5.89. The Morgan fingerprint density at radius 1 is 1.25 bits per heavy atom. The molecule has 0 aliphatic carbocycles. The highest BCUT2D eigenvalue weighted by molar-refractivity contribution is 7.99. The molecule has 0 radical (unpaired) electrons. The number of aliphatic carboxylic acids is 1. The first-order valence-corrected chi connectivity index (χ1v) is 7.64. The standard InChI is InChI=1S/C12H18N2O5S/c1-19-11(17)8-2-4-13(5-3-8)12(18)14-7-20-6-9(14)10(15)16/h8-9H,2-7H2,1H3,(H,15,16)/t9-/m0/s1. The molecule has 0 aromatic rings. The van der Waals surface area contributed by atoms with Crippen LogP contribution in [0.25, 0.3) is 0 Å². The van der Waals surface area contributed by atoms with Crippen LogP contribution in [0, 0.1) is 5.92 Å². The van der Waals surface area contributed by atoms with Gasteiger partial charge in [0.05, 0.1) is 18.9 Å². The van der Waals surface area contributed by atoms with Gasteiger partial charge in [-0.2, -0.15) is 0 Å². The Hall–Kier alpha value is -1.44. The summed E-state index contributed by atoms with van der Waals surface area (Å²) in [4.78, 5) is 37.9. The van der Waals surface area contributed by atoms with Crippen molar-refractivity contribution in [3.05, 3.63) is 0 Å². The van der Waals surface area contributed by atoms with E-state index in [4.69, 9.17) is 9.84 Å². The van der Waals surface area contributed by atoms with E-state index in [1.54, 1.807) is 4.90 Å². The zero-order valence-electron chi connectivity index (χ0n) is 11.3. The van der Waals surface area contributed by atoms with E-state index in [9.17, 15) is 14.4 Å². The van der Waals surface area contributed by atoms with Crippen molar-refractivity contribution >= 4 is 29.7 Å². The lowest BCUT2D eigenvalue weighted by Gasteiger charge is -2.34. The molecule has 0 unspecified atom stereocenters. The zero-order valence-corrected chi connectivity index (χ0v) is 12.1. The lowest BCUT2D eigenvalue weighted by molar-refractivity contribution is -0.146. The van der Waals surface area contributed by atoms with Crippen LogP contribution in [0.5, 0.6) is 0 Å². The number of amides is 2. The number of urea groups is 1. The predicted octanol–water partition coefficient (Wildman–Crippen LogP) is 0.451. The van der Waals surface area contributed by atoms with Crippen LogP contribution in [0.2, 0.25) is 0 Å². The van der Waals surface area contributed by atoms with Crippen LogP contribution >= 0.6 is 11.8 Å². The Morgan fingerprint density at radius 2 is 1.90 bits per heavy atom. The number of thioether (sulfide) groups is 1. The fourth-order valence-electron chi connectivity index (χ4n) is 2.49. The summed E-state index contributed by atoms with van der Waals surface area (Å²) < 4.78 is 4.70. The highest BCUT2D eigenvalue weighted by Crippen LogP contribution is 2.25. The quantitative estimate of drug-likeness (QED) is 0.745. The molecule has 2 amide bonds. The molecule has 2 aliphatic heterocycles. The predicted molar refractivity (Wildman–Crippen MR) is 72.3 cm³/mol. The minimum atomic E-state index is -0.965. The molecule has 20 heavy (non-hydrogen) atoms. The molecule has 2 rings (SSSR count). The van der Waals surface area contributed by atoms with Gasteiger partial charge in [-0.05, 0) is 12.8 Å². The van der Waals surface area contributed by atoms with Crippen molar-refractivity contribution < 1.29 is 24.2 Å². The Kier molecular flexibility index (Phi) is 4.74. The van der Waals surface area contributed by atoms with E-state index in [1.807, 2.05) is 0 Å². The van der Waals surface area contributed by atoms with Crippen LogP contribution in [0.1, 0.15) is 12.8 Å². The summed E-state index contributed by atoms with van der Waals surface area (Å²) in [6.07, 6.45) is 1.13. The number of piperidine rings is 1. The number of nitrogens with zero attached hydrogens (tertiary/aromatic N) is 2. The van der Waals surface area contributed by atoms with Crippen LogP contribution in [-0.2, 0) is 14.3 Å². The van der Waals surface area contributed by atoms with Crippen LogP contribution < -0.4 is 0 Å². The highest BCUT2D eigenvalue weighted by Gasteiger charge is 2.38. The number of esters is 1. The molecule has 0 bridgehead atoms. The largest absolute Gasteiger partial charge is 0.480 e. The van der Waals surface area contributed by atoms with Crippen LogP contribution in [0.15, 0.2) is 0 Å². The van der Waals surface area contributed by atoms with Gasteiger partial charge < -0.3 is 19.6 Å². The van der Waals surface area contributed by atoms with Gasteiger partial charge in [0, 0.05) is 18.8 Å². The number of carboxylic acid groups (broad SMARTS) is 1. The number of likely N-dealkylation sites (tertiary alicyclic amines) is 1. The fraction of sp³-hybridized carbons (Fsp3) is 0.750. The first kappa shape index (κ1) is 15.0. The van der Waals surface area contributed by atoms with Crippen molar-refractivity contribution in [2.75, 3.05) is 31.8 Å².